The van der Waals surface area contributed by atoms with Gasteiger partial charge in [0.15, 0.2) is 6.61 Å². The molecule has 0 aromatic heterocycles. The maximum atomic E-state index is 12.7. The molecule has 3 aromatic carbocycles. The molecule has 1 atom stereocenters. The van der Waals surface area contributed by atoms with Crippen LogP contribution in [0.15, 0.2) is 103 Å². The van der Waals surface area contributed by atoms with Gasteiger partial charge in [0.1, 0.15) is 11.5 Å². The van der Waals surface area contributed by atoms with Crippen LogP contribution in [0.3, 0.4) is 0 Å². The first-order valence-electron chi connectivity index (χ1n) is 13.0. The molecule has 0 heterocycles. The molecular weight excluding hydrogens is 528 g/mol. The summed E-state index contributed by atoms with van der Waals surface area (Å²) in [6.07, 6.45) is 4.98. The van der Waals surface area contributed by atoms with E-state index in [4.69, 9.17) is 18.9 Å². The molecule has 0 fully saturated rings. The van der Waals surface area contributed by atoms with Gasteiger partial charge in [0.2, 0.25) is 11.4 Å². The van der Waals surface area contributed by atoms with Crippen LogP contribution in [0.4, 0.5) is 0 Å². The number of hydrogen-bond acceptors (Lipinski definition) is 8. The largest absolute Gasteiger partial charge is 0.494 e. The van der Waals surface area contributed by atoms with E-state index in [2.05, 4.69) is 13.2 Å². The molecule has 3 rings (SSSR count). The van der Waals surface area contributed by atoms with Crippen LogP contribution in [0, 0.1) is 0 Å². The van der Waals surface area contributed by atoms with Crippen molar-refractivity contribution < 1.29 is 33.6 Å². The molecule has 7 nitrogen and oxygen atoms in total. The van der Waals surface area contributed by atoms with Gasteiger partial charge in [-0.3, -0.25) is 4.79 Å². The van der Waals surface area contributed by atoms with E-state index in [9.17, 15) is 14.7 Å². The molecule has 40 heavy (non-hydrogen) atoms. The fourth-order valence-electron chi connectivity index (χ4n) is 3.61. The fourth-order valence-corrected chi connectivity index (χ4v) is 4.35. The van der Waals surface area contributed by atoms with Gasteiger partial charge in [-0.15, -0.1) is 0 Å². The van der Waals surface area contributed by atoms with E-state index in [1.807, 2.05) is 48.5 Å². The molecule has 0 spiro atoms. The van der Waals surface area contributed by atoms with Crippen LogP contribution in [0.1, 0.15) is 36.0 Å². The molecule has 0 radical (unpaired) electrons. The second kappa shape index (κ2) is 16.8. The van der Waals surface area contributed by atoms with Crippen LogP contribution < -0.4 is 9.47 Å². The molecule has 210 valence electrons. The van der Waals surface area contributed by atoms with Crippen LogP contribution in [0.2, 0.25) is 0 Å². The predicted octanol–water partition coefficient (Wildman–Crippen LogP) is 6.81. The van der Waals surface area contributed by atoms with Crippen molar-refractivity contribution in [2.45, 2.75) is 36.9 Å². The van der Waals surface area contributed by atoms with Gasteiger partial charge in [-0.1, -0.05) is 37.4 Å². The average Bonchev–Trinajstić information content (AvgIpc) is 2.98. The number of unbranched alkanes of at least 4 members (excludes halogenated alkanes) is 3. The Bertz CT molecular complexity index is 1220. The Morgan fingerprint density at radius 3 is 1.98 bits per heavy atom. The smallest absolute Gasteiger partial charge is 0.330 e. The summed E-state index contributed by atoms with van der Waals surface area (Å²) in [5.74, 6) is 0.963. The van der Waals surface area contributed by atoms with Crippen LogP contribution in [-0.2, 0) is 14.3 Å². The van der Waals surface area contributed by atoms with Gasteiger partial charge in [0.25, 0.3) is 0 Å². The molecule has 0 aliphatic heterocycles. The predicted molar refractivity (Wildman–Crippen MR) is 156 cm³/mol. The summed E-state index contributed by atoms with van der Waals surface area (Å²) in [5, 5.41) is 9.44. The number of rotatable bonds is 17. The monoisotopic (exact) mass is 562 g/mol. The Morgan fingerprint density at radius 2 is 1.35 bits per heavy atom. The van der Waals surface area contributed by atoms with Crippen molar-refractivity contribution >= 4 is 22.8 Å². The summed E-state index contributed by atoms with van der Waals surface area (Å²) in [7, 11) is 0. The highest BCUT2D eigenvalue weighted by atomic mass is 32.2. The topological polar surface area (TPSA) is 91.3 Å². The number of esters is 1. The lowest BCUT2D eigenvalue weighted by atomic mass is 10.1. The number of thioether (sulfide) groups is 1. The Balaban J connectivity index is 1.40. The van der Waals surface area contributed by atoms with Crippen LogP contribution in [-0.4, -0.2) is 42.3 Å². The van der Waals surface area contributed by atoms with E-state index >= 15 is 0 Å². The van der Waals surface area contributed by atoms with Gasteiger partial charge in [-0.25, -0.2) is 4.79 Å². The maximum Gasteiger partial charge on any atom is 0.330 e. The van der Waals surface area contributed by atoms with E-state index < -0.39 is 6.29 Å². The summed E-state index contributed by atoms with van der Waals surface area (Å²) >= 11 is 1.16. The third-order valence-corrected chi connectivity index (χ3v) is 6.64. The Hall–Kier alpha value is -4.01. The molecular formula is C32H34O7S. The van der Waals surface area contributed by atoms with Gasteiger partial charge in [-0.05, 0) is 97.1 Å². The third kappa shape index (κ3) is 10.6. The summed E-state index contributed by atoms with van der Waals surface area (Å²) in [5.41, 5.74) is 2.65. The molecule has 1 N–H and O–H groups in total. The number of aliphatic hydroxyl groups excluding tert-OH is 1. The van der Waals surface area contributed by atoms with Crippen LogP contribution >= 0.6 is 11.8 Å². The van der Waals surface area contributed by atoms with Gasteiger partial charge in [-0.2, -0.15) is 0 Å². The lowest BCUT2D eigenvalue weighted by molar-refractivity contribution is -0.137. The number of benzene rings is 3. The van der Waals surface area contributed by atoms with Crippen molar-refractivity contribution in [1.29, 1.82) is 0 Å². The standard InChI is InChI=1S/C32H34O7S/c1-3-30(33)38-22-8-6-5-7-21-37-27-15-9-24(10-16-27)25-13-19-29(20-14-25)40-32(35)26-11-17-28(18-12-26)39-23-31(34)36-4-2/h3-4,9-20,31,34H,1-2,5-8,21-23H2. The van der Waals surface area contributed by atoms with Crippen LogP contribution in [0.5, 0.6) is 11.5 Å². The summed E-state index contributed by atoms with van der Waals surface area (Å²) in [6.45, 7) is 7.76. The van der Waals surface area contributed by atoms with Crippen molar-refractivity contribution in [3.63, 3.8) is 0 Å². The summed E-state index contributed by atoms with van der Waals surface area (Å²) in [4.78, 5) is 24.5. The number of hydrogen-bond donors (Lipinski definition) is 1. The molecule has 0 saturated carbocycles. The Labute approximate surface area is 239 Å². The van der Waals surface area contributed by atoms with E-state index in [0.717, 1.165) is 65.5 Å². The number of carbonyl (C=O) groups is 2. The summed E-state index contributed by atoms with van der Waals surface area (Å²) in [6, 6.07) is 22.5. The molecule has 0 saturated heterocycles. The highest BCUT2D eigenvalue weighted by Crippen LogP contribution is 2.28. The summed E-state index contributed by atoms with van der Waals surface area (Å²) < 4.78 is 21.0. The number of ether oxygens (including phenoxy) is 4. The quantitative estimate of drug-likeness (QED) is 0.0479. The minimum absolute atomic E-state index is 0.0463. The zero-order chi connectivity index (χ0) is 28.6. The first kappa shape index (κ1) is 30.5. The van der Waals surface area contributed by atoms with Gasteiger partial charge in [0.05, 0.1) is 19.5 Å². The maximum absolute atomic E-state index is 12.7. The van der Waals surface area contributed by atoms with Crippen molar-refractivity contribution in [2.24, 2.45) is 0 Å². The van der Waals surface area contributed by atoms with Gasteiger partial charge in [0, 0.05) is 16.5 Å². The molecule has 0 aliphatic rings. The molecule has 0 aliphatic carbocycles. The van der Waals surface area contributed by atoms with E-state index in [0.29, 0.717) is 24.5 Å². The van der Waals surface area contributed by atoms with Crippen molar-refractivity contribution in [2.75, 3.05) is 19.8 Å². The van der Waals surface area contributed by atoms with E-state index in [-0.39, 0.29) is 17.7 Å². The van der Waals surface area contributed by atoms with Crippen LogP contribution in [0.25, 0.3) is 11.1 Å². The highest BCUT2D eigenvalue weighted by Gasteiger charge is 2.10. The van der Waals surface area contributed by atoms with Gasteiger partial charge < -0.3 is 24.1 Å². The zero-order valence-corrected chi connectivity index (χ0v) is 23.1. The first-order valence-corrected chi connectivity index (χ1v) is 13.8. The second-order valence-corrected chi connectivity index (χ2v) is 9.71. The lowest BCUT2D eigenvalue weighted by Gasteiger charge is -2.11. The molecule has 1 unspecified atom stereocenters. The highest BCUT2D eigenvalue weighted by molar-refractivity contribution is 8.14. The Kier molecular flexibility index (Phi) is 12.9. The molecule has 8 heteroatoms. The zero-order valence-electron chi connectivity index (χ0n) is 22.3. The first-order chi connectivity index (χ1) is 19.5. The molecule has 0 bridgehead atoms. The van der Waals surface area contributed by atoms with Gasteiger partial charge >= 0.3 is 5.97 Å². The average molecular weight is 563 g/mol. The normalized spacial score (nSPS) is 11.2. The lowest BCUT2D eigenvalue weighted by Crippen LogP contribution is -2.18. The SMILES string of the molecule is C=COC(O)COc1ccc(C(=O)Sc2ccc(-c3ccc(OCCCCCCOC(=O)C=C)cc3)cc2)cc1. The third-order valence-electron chi connectivity index (χ3n) is 5.71. The minimum atomic E-state index is -1.10. The molecule has 3 aromatic rings. The van der Waals surface area contributed by atoms with Crippen molar-refractivity contribution in [3.8, 4) is 22.6 Å². The fraction of sp³-hybridized carbons (Fsp3) is 0.250. The molecule has 0 amide bonds. The number of carbonyl (C=O) groups excluding carboxylic acids is 2. The van der Waals surface area contributed by atoms with Crippen molar-refractivity contribution in [1.82, 2.24) is 0 Å². The number of aliphatic hydroxyl groups is 1. The van der Waals surface area contributed by atoms with E-state index in [1.165, 1.54) is 6.08 Å². The Morgan fingerprint density at radius 1 is 0.775 bits per heavy atom. The van der Waals surface area contributed by atoms with E-state index in [1.54, 1.807) is 24.3 Å². The minimum Gasteiger partial charge on any atom is -0.494 e. The van der Waals surface area contributed by atoms with Crippen molar-refractivity contribution in [3.05, 3.63) is 104 Å². The second-order valence-electron chi connectivity index (χ2n) is 8.67.